The number of nitrogens with zero attached hydrogens (tertiary/aromatic N) is 6. The van der Waals surface area contributed by atoms with Crippen LogP contribution in [-0.4, -0.2) is 110 Å². The Bertz CT molecular complexity index is 1390. The average Bonchev–Trinajstić information content (AvgIpc) is 3.72. The van der Waals surface area contributed by atoms with Crippen LogP contribution in [0.25, 0.3) is 5.52 Å². The molecule has 1 saturated carbocycles. The molecule has 19 heteroatoms. The highest BCUT2D eigenvalue weighted by molar-refractivity contribution is 7.53. The van der Waals surface area contributed by atoms with Crippen molar-refractivity contribution in [2.45, 2.75) is 74.5 Å². The quantitative estimate of drug-likeness (QED) is 0.129. The van der Waals surface area contributed by atoms with E-state index in [0.717, 1.165) is 25.7 Å². The van der Waals surface area contributed by atoms with Crippen LogP contribution < -0.4 is 5.32 Å². The van der Waals surface area contributed by atoms with Crippen LogP contribution in [0.15, 0.2) is 12.1 Å². The molecular formula is C22H32ClN8O9P. The first-order valence-electron chi connectivity index (χ1n) is 12.9. The number of tetrazole rings is 1. The minimum Gasteiger partial charge on any atom is -0.393 e. The van der Waals surface area contributed by atoms with Gasteiger partial charge in [0.2, 0.25) is 10.6 Å². The van der Waals surface area contributed by atoms with Crippen molar-refractivity contribution in [2.24, 2.45) is 0 Å². The summed E-state index contributed by atoms with van der Waals surface area (Å²) in [7, 11) is -5.15. The van der Waals surface area contributed by atoms with E-state index in [0.29, 0.717) is 17.0 Å². The summed E-state index contributed by atoms with van der Waals surface area (Å²) in [5.41, 5.74) is -0.601. The van der Waals surface area contributed by atoms with E-state index in [-0.39, 0.29) is 23.8 Å². The summed E-state index contributed by atoms with van der Waals surface area (Å²) >= 11 is 6.24. The van der Waals surface area contributed by atoms with Crippen LogP contribution in [0, 0.1) is 0 Å². The second-order valence-electron chi connectivity index (χ2n) is 10.3. The standard InChI is InChI=1S/C22H32ClN8O9P/c1-21(15-7-6-13-19(24-12-4-2-3-5-12)25-20(23)28-31(13)15)18(34)17(33)14(40-21)8-39-22(10-32,41(35,36)37)11-38-9-16-26-29-30-27-16/h6-7,12,14,17-18,32-34H,2-5,8-11H2,1H3,(H,24,25,28)(H2,35,36,37)(H,26,27,29,30)/t14-,17-,18-,21+,22+/m1/s1. The Hall–Kier alpha value is -2.31. The zero-order valence-electron chi connectivity index (χ0n) is 22.0. The molecule has 1 saturated heterocycles. The van der Waals surface area contributed by atoms with Crippen LogP contribution >= 0.6 is 19.2 Å². The van der Waals surface area contributed by atoms with Crippen LogP contribution in [0.1, 0.15) is 44.1 Å². The molecule has 226 valence electrons. The highest BCUT2D eigenvalue weighted by atomic mass is 35.5. The first-order chi connectivity index (χ1) is 19.5. The summed E-state index contributed by atoms with van der Waals surface area (Å²) in [6.07, 6.45) is -0.0635. The number of halogens is 1. The van der Waals surface area contributed by atoms with Crippen LogP contribution in [0.2, 0.25) is 5.28 Å². The SMILES string of the molecule is C[C@@]1(c2ccc3c(NC4CCCC4)nc(Cl)nn23)O[C@H](CO[C@](CO)(COCc2nn[nH]n2)P(=O)(O)O)[C@@H](O)[C@H]1O. The van der Waals surface area contributed by atoms with Gasteiger partial charge in [-0.1, -0.05) is 18.1 Å². The summed E-state index contributed by atoms with van der Waals surface area (Å²) in [4.78, 5) is 24.4. The molecule has 0 bridgehead atoms. The van der Waals surface area contributed by atoms with Crippen LogP contribution in [0.5, 0.6) is 0 Å². The summed E-state index contributed by atoms with van der Waals surface area (Å²) in [6.45, 7) is -1.22. The highest BCUT2D eigenvalue weighted by Gasteiger charge is 2.56. The Kier molecular flexibility index (Phi) is 8.65. The molecule has 5 atom stereocenters. The molecule has 3 aromatic heterocycles. The second-order valence-corrected chi connectivity index (χ2v) is 12.6. The molecule has 1 aliphatic heterocycles. The number of hydrogen-bond acceptors (Lipinski definition) is 13. The summed E-state index contributed by atoms with van der Waals surface area (Å²) in [6, 6.07) is 3.65. The molecule has 2 fully saturated rings. The predicted molar refractivity (Wildman–Crippen MR) is 140 cm³/mol. The highest BCUT2D eigenvalue weighted by Crippen LogP contribution is 2.52. The first-order valence-corrected chi connectivity index (χ1v) is 14.9. The maximum Gasteiger partial charge on any atom is 0.361 e. The topological polar surface area (TPSA) is 243 Å². The fourth-order valence-electron chi connectivity index (χ4n) is 5.22. The fraction of sp³-hybridized carbons (Fsp3) is 0.682. The number of aliphatic hydroxyl groups excluding tert-OH is 3. The maximum absolute atomic E-state index is 12.4. The number of hydrogen-bond donors (Lipinski definition) is 7. The zero-order chi connectivity index (χ0) is 29.4. The van der Waals surface area contributed by atoms with Crippen LogP contribution in [0.3, 0.4) is 0 Å². The molecule has 0 aromatic carbocycles. The van der Waals surface area contributed by atoms with Gasteiger partial charge in [0.15, 0.2) is 11.6 Å². The lowest BCUT2D eigenvalue weighted by Gasteiger charge is -2.33. The minimum absolute atomic E-state index is 0.0397. The van der Waals surface area contributed by atoms with E-state index in [4.69, 9.17) is 25.8 Å². The summed E-state index contributed by atoms with van der Waals surface area (Å²) in [5, 5.41) is 50.0. The summed E-state index contributed by atoms with van der Waals surface area (Å²) in [5.74, 6) is 0.635. The number of anilines is 1. The minimum atomic E-state index is -5.15. The molecule has 17 nitrogen and oxygen atoms in total. The fourth-order valence-corrected chi connectivity index (χ4v) is 6.07. The Labute approximate surface area is 238 Å². The Morgan fingerprint density at radius 3 is 2.73 bits per heavy atom. The van der Waals surface area contributed by atoms with Gasteiger partial charge in [0.1, 0.15) is 36.0 Å². The van der Waals surface area contributed by atoms with Gasteiger partial charge in [-0.05, 0) is 43.5 Å². The van der Waals surface area contributed by atoms with Crippen LogP contribution in [-0.2, 0) is 31.0 Å². The van der Waals surface area contributed by atoms with Crippen molar-refractivity contribution in [3.05, 3.63) is 28.9 Å². The van der Waals surface area contributed by atoms with E-state index >= 15 is 0 Å². The average molecular weight is 619 g/mol. The van der Waals surface area contributed by atoms with Gasteiger partial charge in [0.05, 0.1) is 25.5 Å². The van der Waals surface area contributed by atoms with Gasteiger partial charge in [0, 0.05) is 6.04 Å². The van der Waals surface area contributed by atoms with Gasteiger partial charge < -0.3 is 44.6 Å². The second kappa shape index (κ2) is 11.8. The number of H-pyrrole nitrogens is 1. The van der Waals surface area contributed by atoms with E-state index in [9.17, 15) is 29.7 Å². The van der Waals surface area contributed by atoms with Crippen molar-refractivity contribution in [1.29, 1.82) is 0 Å². The van der Waals surface area contributed by atoms with E-state index in [2.05, 4.69) is 36.0 Å². The van der Waals surface area contributed by atoms with E-state index in [1.54, 1.807) is 19.1 Å². The lowest BCUT2D eigenvalue weighted by Crippen LogP contribution is -2.45. The molecule has 0 unspecified atom stereocenters. The van der Waals surface area contributed by atoms with Crippen molar-refractivity contribution < 1.29 is 43.9 Å². The van der Waals surface area contributed by atoms with Crippen molar-refractivity contribution in [2.75, 3.05) is 25.1 Å². The van der Waals surface area contributed by atoms with Crippen molar-refractivity contribution >= 4 is 30.5 Å². The molecule has 0 radical (unpaired) electrons. The Morgan fingerprint density at radius 1 is 1.32 bits per heavy atom. The number of ether oxygens (including phenoxy) is 3. The van der Waals surface area contributed by atoms with Crippen molar-refractivity contribution in [3.8, 4) is 0 Å². The molecule has 1 aliphatic carbocycles. The molecule has 0 spiro atoms. The van der Waals surface area contributed by atoms with Crippen LogP contribution in [0.4, 0.5) is 5.82 Å². The van der Waals surface area contributed by atoms with Gasteiger partial charge in [-0.3, -0.25) is 4.57 Å². The third kappa shape index (κ3) is 5.84. The molecule has 3 aromatic rings. The number of aromatic nitrogens is 7. The van der Waals surface area contributed by atoms with Gasteiger partial charge in [0.25, 0.3) is 0 Å². The number of aromatic amines is 1. The number of fused-ring (bicyclic) bond motifs is 1. The zero-order valence-corrected chi connectivity index (χ0v) is 23.6. The first kappa shape index (κ1) is 30.2. The molecule has 0 amide bonds. The van der Waals surface area contributed by atoms with Gasteiger partial charge >= 0.3 is 7.60 Å². The molecule has 2 aliphatic rings. The number of rotatable bonds is 12. The molecule has 41 heavy (non-hydrogen) atoms. The lowest BCUT2D eigenvalue weighted by atomic mass is 9.93. The molecular weight excluding hydrogens is 587 g/mol. The third-order valence-electron chi connectivity index (χ3n) is 7.60. The van der Waals surface area contributed by atoms with Crippen molar-refractivity contribution in [3.63, 3.8) is 0 Å². The molecule has 7 N–H and O–H groups in total. The van der Waals surface area contributed by atoms with E-state index in [1.807, 2.05) is 0 Å². The summed E-state index contributed by atoms with van der Waals surface area (Å²) < 4.78 is 30.7. The maximum atomic E-state index is 12.4. The monoisotopic (exact) mass is 618 g/mol. The van der Waals surface area contributed by atoms with Crippen molar-refractivity contribution in [1.82, 2.24) is 35.2 Å². The largest absolute Gasteiger partial charge is 0.393 e. The van der Waals surface area contributed by atoms with Gasteiger partial charge in [-0.15, -0.1) is 15.3 Å². The smallest absolute Gasteiger partial charge is 0.361 e. The van der Waals surface area contributed by atoms with E-state index < -0.39 is 56.7 Å². The van der Waals surface area contributed by atoms with E-state index in [1.165, 1.54) is 4.52 Å². The number of aliphatic hydroxyl groups is 3. The van der Waals surface area contributed by atoms with Gasteiger partial charge in [-0.25, -0.2) is 4.52 Å². The Balaban J connectivity index is 1.35. The third-order valence-corrected chi connectivity index (χ3v) is 9.22. The number of nitrogens with one attached hydrogen (secondary N) is 2. The normalized spacial score (nSPS) is 27.0. The predicted octanol–water partition coefficient (Wildman–Crippen LogP) is -0.314. The molecule has 5 rings (SSSR count). The Morgan fingerprint density at radius 2 is 2.07 bits per heavy atom. The van der Waals surface area contributed by atoms with Gasteiger partial charge in [-0.2, -0.15) is 10.2 Å². The molecule has 4 heterocycles. The lowest BCUT2D eigenvalue weighted by molar-refractivity contribution is -0.140.